The lowest BCUT2D eigenvalue weighted by atomic mass is 10.1. The number of unbranched alkanes of at least 4 members (excludes halogenated alkanes) is 1. The van der Waals surface area contributed by atoms with Gasteiger partial charge in [-0.1, -0.05) is 25.5 Å². The second-order valence-corrected chi connectivity index (χ2v) is 7.06. The van der Waals surface area contributed by atoms with E-state index in [4.69, 9.17) is 5.11 Å². The second-order valence-electron chi connectivity index (χ2n) is 7.06. The van der Waals surface area contributed by atoms with Gasteiger partial charge in [-0.3, -0.25) is 10.1 Å². The van der Waals surface area contributed by atoms with Crippen molar-refractivity contribution in [2.24, 2.45) is 0 Å². The Morgan fingerprint density at radius 1 is 1.03 bits per heavy atom. The number of urea groups is 1. The van der Waals surface area contributed by atoms with Crippen LogP contribution in [0, 0.1) is 0 Å². The van der Waals surface area contributed by atoms with Crippen LogP contribution in [-0.4, -0.2) is 37.1 Å². The average molecular weight is 424 g/mol. The van der Waals surface area contributed by atoms with Crippen molar-refractivity contribution in [1.82, 2.24) is 9.78 Å². The molecule has 162 valence electrons. The third-order valence-corrected chi connectivity index (χ3v) is 4.53. The SMILES string of the molecule is CCCCc1cc(NC(=O)Nc2ccc(O)c(O)c2)n(-c2cccc(CC(=O)O)c2)n1. The number of hydrogen-bond donors (Lipinski definition) is 5. The molecular formula is C22H24N4O5. The maximum absolute atomic E-state index is 12.5. The number of nitrogens with zero attached hydrogens (tertiary/aromatic N) is 2. The molecule has 2 amide bonds. The molecule has 0 saturated carbocycles. The minimum absolute atomic E-state index is 0.120. The van der Waals surface area contributed by atoms with Gasteiger partial charge in [0, 0.05) is 17.8 Å². The molecule has 0 aliphatic rings. The highest BCUT2D eigenvalue weighted by molar-refractivity contribution is 5.99. The van der Waals surface area contributed by atoms with Gasteiger partial charge < -0.3 is 20.6 Å². The van der Waals surface area contributed by atoms with E-state index in [2.05, 4.69) is 22.7 Å². The van der Waals surface area contributed by atoms with Crippen LogP contribution in [-0.2, 0) is 17.6 Å². The van der Waals surface area contributed by atoms with Crippen LogP contribution in [0.4, 0.5) is 16.3 Å². The molecule has 0 atom stereocenters. The summed E-state index contributed by atoms with van der Waals surface area (Å²) < 4.78 is 1.56. The van der Waals surface area contributed by atoms with Crippen molar-refractivity contribution in [2.45, 2.75) is 32.6 Å². The molecule has 1 heterocycles. The van der Waals surface area contributed by atoms with Crippen molar-refractivity contribution in [3.63, 3.8) is 0 Å². The number of phenols is 2. The molecule has 0 spiro atoms. The van der Waals surface area contributed by atoms with Crippen LogP contribution in [0.1, 0.15) is 31.0 Å². The fourth-order valence-electron chi connectivity index (χ4n) is 3.05. The number of phenolic OH excluding ortho intramolecular Hbond substituents is 2. The summed E-state index contributed by atoms with van der Waals surface area (Å²) in [6, 6.07) is 12.1. The quantitative estimate of drug-likeness (QED) is 0.275. The Hall–Kier alpha value is -4.01. The Morgan fingerprint density at radius 3 is 2.55 bits per heavy atom. The number of carbonyl (C=O) groups excluding carboxylic acids is 1. The molecule has 0 unspecified atom stereocenters. The van der Waals surface area contributed by atoms with Crippen LogP contribution in [0.15, 0.2) is 48.5 Å². The Kier molecular flexibility index (Phi) is 6.76. The van der Waals surface area contributed by atoms with E-state index < -0.39 is 12.0 Å². The number of carbonyl (C=O) groups is 2. The minimum Gasteiger partial charge on any atom is -0.504 e. The minimum atomic E-state index is -0.934. The first-order valence-corrected chi connectivity index (χ1v) is 9.85. The summed E-state index contributed by atoms with van der Waals surface area (Å²) in [4.78, 5) is 23.6. The molecule has 9 nitrogen and oxygen atoms in total. The van der Waals surface area contributed by atoms with Gasteiger partial charge >= 0.3 is 12.0 Å². The van der Waals surface area contributed by atoms with E-state index >= 15 is 0 Å². The normalized spacial score (nSPS) is 10.6. The Labute approximate surface area is 179 Å². The highest BCUT2D eigenvalue weighted by Gasteiger charge is 2.14. The zero-order valence-electron chi connectivity index (χ0n) is 17.0. The maximum Gasteiger partial charge on any atom is 0.324 e. The standard InChI is InChI=1S/C22H24N4O5/c1-2-3-6-16-13-20(24-22(31)23-15-8-9-18(27)19(28)12-15)26(25-16)17-7-4-5-14(10-17)11-21(29)30/h4-5,7-10,12-13,27-28H,2-3,6,11H2,1H3,(H,29,30)(H2,23,24,31). The van der Waals surface area contributed by atoms with Gasteiger partial charge in [-0.15, -0.1) is 0 Å². The van der Waals surface area contributed by atoms with Crippen LogP contribution in [0.3, 0.4) is 0 Å². The number of benzene rings is 2. The number of aryl methyl sites for hydroxylation is 1. The fraction of sp³-hybridized carbons (Fsp3) is 0.227. The summed E-state index contributed by atoms with van der Waals surface area (Å²) in [7, 11) is 0. The lowest BCUT2D eigenvalue weighted by Crippen LogP contribution is -2.21. The third-order valence-electron chi connectivity index (χ3n) is 4.53. The van der Waals surface area contributed by atoms with Gasteiger partial charge in [0.2, 0.25) is 0 Å². The largest absolute Gasteiger partial charge is 0.504 e. The number of aromatic hydroxyl groups is 2. The first-order valence-electron chi connectivity index (χ1n) is 9.85. The number of amides is 2. The summed E-state index contributed by atoms with van der Waals surface area (Å²) in [6.07, 6.45) is 2.55. The van der Waals surface area contributed by atoms with Gasteiger partial charge in [-0.2, -0.15) is 5.10 Å². The number of aliphatic carboxylic acids is 1. The van der Waals surface area contributed by atoms with Crippen LogP contribution in [0.2, 0.25) is 0 Å². The third kappa shape index (κ3) is 5.75. The van der Waals surface area contributed by atoms with E-state index in [1.165, 1.54) is 18.2 Å². The van der Waals surface area contributed by atoms with Crippen molar-refractivity contribution in [1.29, 1.82) is 0 Å². The zero-order chi connectivity index (χ0) is 22.4. The Balaban J connectivity index is 1.86. The molecule has 3 rings (SSSR count). The highest BCUT2D eigenvalue weighted by atomic mass is 16.4. The molecular weight excluding hydrogens is 400 g/mol. The van der Waals surface area contributed by atoms with Gasteiger partial charge in [-0.25, -0.2) is 9.48 Å². The number of anilines is 2. The molecule has 0 aliphatic heterocycles. The zero-order valence-corrected chi connectivity index (χ0v) is 17.0. The molecule has 5 N–H and O–H groups in total. The number of rotatable bonds is 8. The average Bonchev–Trinajstić information content (AvgIpc) is 3.11. The fourth-order valence-corrected chi connectivity index (χ4v) is 3.05. The van der Waals surface area contributed by atoms with Crippen LogP contribution >= 0.6 is 0 Å². The summed E-state index contributed by atoms with van der Waals surface area (Å²) >= 11 is 0. The van der Waals surface area contributed by atoms with E-state index in [0.29, 0.717) is 22.8 Å². The van der Waals surface area contributed by atoms with Crippen molar-refractivity contribution in [3.05, 3.63) is 59.8 Å². The van der Waals surface area contributed by atoms with Gasteiger partial charge in [0.25, 0.3) is 0 Å². The summed E-state index contributed by atoms with van der Waals surface area (Å²) in [6.45, 7) is 2.08. The Bertz CT molecular complexity index is 1090. The monoisotopic (exact) mass is 424 g/mol. The number of hydrogen-bond acceptors (Lipinski definition) is 5. The van der Waals surface area contributed by atoms with Crippen LogP contribution in [0.5, 0.6) is 11.5 Å². The van der Waals surface area contributed by atoms with Crippen molar-refractivity contribution < 1.29 is 24.9 Å². The van der Waals surface area contributed by atoms with Gasteiger partial charge in [0.05, 0.1) is 17.8 Å². The van der Waals surface area contributed by atoms with Gasteiger partial charge in [0.1, 0.15) is 5.82 Å². The lowest BCUT2D eigenvalue weighted by Gasteiger charge is -2.11. The van der Waals surface area contributed by atoms with E-state index in [-0.39, 0.29) is 17.9 Å². The van der Waals surface area contributed by atoms with E-state index in [1.807, 2.05) is 0 Å². The first kappa shape index (κ1) is 21.7. The van der Waals surface area contributed by atoms with Gasteiger partial charge in [-0.05, 0) is 42.7 Å². The molecule has 1 aromatic heterocycles. The van der Waals surface area contributed by atoms with Crippen molar-refractivity contribution >= 4 is 23.5 Å². The van der Waals surface area contributed by atoms with Crippen LogP contribution < -0.4 is 10.6 Å². The van der Waals surface area contributed by atoms with Crippen molar-refractivity contribution in [3.8, 4) is 17.2 Å². The molecule has 31 heavy (non-hydrogen) atoms. The Morgan fingerprint density at radius 2 is 1.84 bits per heavy atom. The van der Waals surface area contributed by atoms with E-state index in [1.54, 1.807) is 35.0 Å². The molecule has 0 radical (unpaired) electrons. The lowest BCUT2D eigenvalue weighted by molar-refractivity contribution is -0.136. The topological polar surface area (TPSA) is 137 Å². The molecule has 2 aromatic carbocycles. The molecule has 0 fully saturated rings. The molecule has 0 saturated heterocycles. The summed E-state index contributed by atoms with van der Waals surface area (Å²) in [5.41, 5.74) is 2.33. The smallest absolute Gasteiger partial charge is 0.324 e. The van der Waals surface area contributed by atoms with Crippen molar-refractivity contribution in [2.75, 3.05) is 10.6 Å². The van der Waals surface area contributed by atoms with Crippen LogP contribution in [0.25, 0.3) is 5.69 Å². The maximum atomic E-state index is 12.5. The number of carboxylic acids is 1. The second kappa shape index (κ2) is 9.66. The predicted molar refractivity (Wildman–Crippen MR) is 116 cm³/mol. The molecule has 3 aromatic rings. The van der Waals surface area contributed by atoms with E-state index in [9.17, 15) is 19.8 Å². The number of nitrogens with one attached hydrogen (secondary N) is 2. The van der Waals surface area contributed by atoms with E-state index in [0.717, 1.165) is 25.0 Å². The first-order chi connectivity index (χ1) is 14.9. The predicted octanol–water partition coefficient (Wildman–Crippen LogP) is 3.90. The molecule has 0 aliphatic carbocycles. The number of carboxylic acid groups (broad SMARTS) is 1. The summed E-state index contributed by atoms with van der Waals surface area (Å²) in [5, 5.41) is 38.0. The number of aromatic nitrogens is 2. The molecule has 0 bridgehead atoms. The van der Waals surface area contributed by atoms with Gasteiger partial charge in [0.15, 0.2) is 11.5 Å². The highest BCUT2D eigenvalue weighted by Crippen LogP contribution is 2.27. The summed E-state index contributed by atoms with van der Waals surface area (Å²) in [5.74, 6) is -1.15. The molecule has 9 heteroatoms.